The van der Waals surface area contributed by atoms with Gasteiger partial charge in [-0.05, 0) is 46.1 Å². The first kappa shape index (κ1) is 14.0. The van der Waals surface area contributed by atoms with Crippen LogP contribution in [0.2, 0.25) is 0 Å². The zero-order valence-electron chi connectivity index (χ0n) is 10.7. The number of thiazole rings is 1. The Hall–Kier alpha value is -1.38. The Labute approximate surface area is 125 Å². The number of aromatic nitrogens is 1. The fourth-order valence-corrected chi connectivity index (χ4v) is 3.32. The molecule has 3 nitrogen and oxygen atoms in total. The Bertz CT molecular complexity index is 631. The molecular formula is C14H13BrN2OS. The molecule has 0 fully saturated rings. The van der Waals surface area contributed by atoms with Crippen molar-refractivity contribution in [2.45, 2.75) is 19.8 Å². The van der Waals surface area contributed by atoms with E-state index in [1.165, 1.54) is 0 Å². The van der Waals surface area contributed by atoms with Crippen molar-refractivity contribution in [2.75, 3.05) is 7.11 Å². The lowest BCUT2D eigenvalue weighted by Gasteiger charge is -2.07. The summed E-state index contributed by atoms with van der Waals surface area (Å²) in [5, 5.41) is 9.68. The van der Waals surface area contributed by atoms with E-state index < -0.39 is 0 Å². The molecule has 0 radical (unpaired) electrons. The first-order valence-electron chi connectivity index (χ1n) is 5.89. The van der Waals surface area contributed by atoms with Crippen LogP contribution in [0.25, 0.3) is 10.6 Å². The van der Waals surface area contributed by atoms with E-state index in [0.717, 1.165) is 37.8 Å². The predicted molar refractivity (Wildman–Crippen MR) is 80.5 cm³/mol. The lowest BCUT2D eigenvalue weighted by atomic mass is 10.1. The minimum atomic E-state index is 0.327. The van der Waals surface area contributed by atoms with E-state index in [-0.39, 0.29) is 0 Å². The molecule has 0 saturated heterocycles. The van der Waals surface area contributed by atoms with Crippen molar-refractivity contribution in [3.8, 4) is 22.4 Å². The number of halogens is 1. The molecule has 0 unspecified atom stereocenters. The average molecular weight is 337 g/mol. The van der Waals surface area contributed by atoms with Crippen molar-refractivity contribution in [2.24, 2.45) is 0 Å². The van der Waals surface area contributed by atoms with Gasteiger partial charge in [-0.3, -0.25) is 0 Å². The van der Waals surface area contributed by atoms with E-state index in [0.29, 0.717) is 6.42 Å². The van der Waals surface area contributed by atoms with Gasteiger partial charge in [-0.25, -0.2) is 4.98 Å². The fraction of sp³-hybridized carbons (Fsp3) is 0.286. The summed E-state index contributed by atoms with van der Waals surface area (Å²) in [5.41, 5.74) is 3.03. The van der Waals surface area contributed by atoms with Gasteiger partial charge in [0.05, 0.1) is 29.1 Å². The summed E-state index contributed by atoms with van der Waals surface area (Å²) in [5.74, 6) is 0.902. The van der Waals surface area contributed by atoms with Crippen LogP contribution in [-0.4, -0.2) is 12.1 Å². The number of ether oxygens (including phenoxy) is 1. The highest BCUT2D eigenvalue weighted by molar-refractivity contribution is 9.11. The third-order valence-electron chi connectivity index (χ3n) is 2.80. The van der Waals surface area contributed by atoms with Gasteiger partial charge in [0.1, 0.15) is 10.8 Å². The molecule has 0 aliphatic rings. The van der Waals surface area contributed by atoms with Crippen LogP contribution in [0.5, 0.6) is 5.75 Å². The lowest BCUT2D eigenvalue weighted by Crippen LogP contribution is -1.91. The molecule has 0 amide bonds. The molecule has 1 heterocycles. The number of hydrogen-bond donors (Lipinski definition) is 0. The van der Waals surface area contributed by atoms with Crippen LogP contribution in [0.3, 0.4) is 0 Å². The Kier molecular flexibility index (Phi) is 4.56. The maximum absolute atomic E-state index is 8.75. The molecule has 1 aromatic heterocycles. The van der Waals surface area contributed by atoms with Crippen molar-refractivity contribution in [3.63, 3.8) is 0 Å². The third kappa shape index (κ3) is 2.96. The van der Waals surface area contributed by atoms with Crippen LogP contribution in [0.4, 0.5) is 0 Å². The van der Waals surface area contributed by atoms with Crippen LogP contribution in [0.1, 0.15) is 18.2 Å². The highest BCUT2D eigenvalue weighted by atomic mass is 79.9. The summed E-state index contributed by atoms with van der Waals surface area (Å²) >= 11 is 5.01. The van der Waals surface area contributed by atoms with Crippen molar-refractivity contribution in [1.82, 2.24) is 4.98 Å². The van der Waals surface area contributed by atoms with Crippen molar-refractivity contribution < 1.29 is 4.74 Å². The normalized spacial score (nSPS) is 10.2. The molecule has 0 saturated carbocycles. The summed E-state index contributed by atoms with van der Waals surface area (Å²) < 4.78 is 6.25. The molecule has 1 aromatic carbocycles. The highest BCUT2D eigenvalue weighted by Crippen LogP contribution is 2.34. The third-order valence-corrected chi connectivity index (χ3v) is 4.68. The summed E-state index contributed by atoms with van der Waals surface area (Å²) in [6.07, 6.45) is 1.24. The SMILES string of the molecule is CCc1cc(-c2nc(CC#N)c(Br)s2)ccc1OC. The smallest absolute Gasteiger partial charge is 0.124 e. The van der Waals surface area contributed by atoms with Gasteiger partial charge in [0.2, 0.25) is 0 Å². The molecule has 0 spiro atoms. The lowest BCUT2D eigenvalue weighted by molar-refractivity contribution is 0.410. The molecule has 2 rings (SSSR count). The molecule has 0 bridgehead atoms. The average Bonchev–Trinajstić information content (AvgIpc) is 2.80. The van der Waals surface area contributed by atoms with E-state index in [1.54, 1.807) is 18.4 Å². The number of benzene rings is 1. The van der Waals surface area contributed by atoms with Crippen LogP contribution < -0.4 is 4.74 Å². The van der Waals surface area contributed by atoms with E-state index in [2.05, 4.69) is 40.0 Å². The number of nitriles is 1. The van der Waals surface area contributed by atoms with Crippen LogP contribution >= 0.6 is 27.3 Å². The fourth-order valence-electron chi connectivity index (χ4n) is 1.83. The number of methoxy groups -OCH3 is 1. The summed E-state index contributed by atoms with van der Waals surface area (Å²) in [6, 6.07) is 8.19. The summed E-state index contributed by atoms with van der Waals surface area (Å²) in [6.45, 7) is 2.10. The minimum Gasteiger partial charge on any atom is -0.496 e. The Balaban J connectivity index is 2.42. The number of nitrogens with zero attached hydrogens (tertiary/aromatic N) is 2. The monoisotopic (exact) mass is 336 g/mol. The van der Waals surface area contributed by atoms with Gasteiger partial charge < -0.3 is 4.74 Å². The van der Waals surface area contributed by atoms with E-state index >= 15 is 0 Å². The summed E-state index contributed by atoms with van der Waals surface area (Å²) in [7, 11) is 1.68. The quantitative estimate of drug-likeness (QED) is 0.840. The first-order chi connectivity index (χ1) is 9.19. The Morgan fingerprint density at radius 1 is 1.47 bits per heavy atom. The van der Waals surface area contributed by atoms with Crippen molar-refractivity contribution in [1.29, 1.82) is 5.26 Å². The van der Waals surface area contributed by atoms with Gasteiger partial charge >= 0.3 is 0 Å². The Morgan fingerprint density at radius 2 is 2.26 bits per heavy atom. The number of rotatable bonds is 4. The zero-order valence-corrected chi connectivity index (χ0v) is 13.1. The molecule has 2 aromatic rings. The van der Waals surface area contributed by atoms with Crippen LogP contribution in [0, 0.1) is 11.3 Å². The van der Waals surface area contributed by atoms with Gasteiger partial charge in [-0.1, -0.05) is 6.92 Å². The van der Waals surface area contributed by atoms with Crippen molar-refractivity contribution >= 4 is 27.3 Å². The van der Waals surface area contributed by atoms with Gasteiger partial charge in [0.25, 0.3) is 0 Å². The molecule has 0 N–H and O–H groups in total. The zero-order chi connectivity index (χ0) is 13.8. The maximum Gasteiger partial charge on any atom is 0.124 e. The Morgan fingerprint density at radius 3 is 2.89 bits per heavy atom. The maximum atomic E-state index is 8.75. The second-order valence-corrected chi connectivity index (χ2v) is 6.27. The van der Waals surface area contributed by atoms with E-state index in [9.17, 15) is 0 Å². The molecule has 0 atom stereocenters. The van der Waals surface area contributed by atoms with E-state index in [4.69, 9.17) is 10.00 Å². The van der Waals surface area contributed by atoms with Crippen molar-refractivity contribution in [3.05, 3.63) is 33.2 Å². The van der Waals surface area contributed by atoms with Gasteiger partial charge in [-0.15, -0.1) is 11.3 Å². The van der Waals surface area contributed by atoms with Gasteiger partial charge in [-0.2, -0.15) is 5.26 Å². The molecule has 5 heteroatoms. The number of aryl methyl sites for hydroxylation is 1. The molecule has 0 aliphatic heterocycles. The molecular weight excluding hydrogens is 324 g/mol. The summed E-state index contributed by atoms with van der Waals surface area (Å²) in [4.78, 5) is 4.51. The molecule has 0 aliphatic carbocycles. The molecule has 19 heavy (non-hydrogen) atoms. The number of hydrogen-bond acceptors (Lipinski definition) is 4. The van der Waals surface area contributed by atoms with Crippen LogP contribution in [0.15, 0.2) is 22.0 Å². The van der Waals surface area contributed by atoms with E-state index in [1.807, 2.05) is 12.1 Å². The topological polar surface area (TPSA) is 45.9 Å². The minimum absolute atomic E-state index is 0.327. The van der Waals surface area contributed by atoms with Gasteiger partial charge in [0.15, 0.2) is 0 Å². The second kappa shape index (κ2) is 6.18. The molecule has 98 valence electrons. The van der Waals surface area contributed by atoms with Crippen LogP contribution in [-0.2, 0) is 12.8 Å². The van der Waals surface area contributed by atoms with Gasteiger partial charge in [0, 0.05) is 5.56 Å². The highest BCUT2D eigenvalue weighted by Gasteiger charge is 2.12. The standard InChI is InChI=1S/C14H13BrN2OS/c1-3-9-8-10(4-5-12(9)18-2)14-17-11(6-7-16)13(15)19-14/h4-5,8H,3,6H2,1-2H3. The second-order valence-electron chi connectivity index (χ2n) is 3.95. The largest absolute Gasteiger partial charge is 0.496 e. The predicted octanol–water partition coefficient (Wildman–Crippen LogP) is 4.21. The first-order valence-corrected chi connectivity index (χ1v) is 7.50.